The Morgan fingerprint density at radius 2 is 2.08 bits per heavy atom. The second-order valence-corrected chi connectivity index (χ2v) is 4.86. The van der Waals surface area contributed by atoms with Gasteiger partial charge in [0.05, 0.1) is 5.41 Å². The number of aliphatic carboxylic acids is 1. The van der Waals surface area contributed by atoms with Crippen LogP contribution in [0.1, 0.15) is 46.5 Å². The Hall–Kier alpha value is -0.530. The summed E-state index contributed by atoms with van der Waals surface area (Å²) in [7, 11) is 0. The van der Waals surface area contributed by atoms with Crippen molar-refractivity contribution >= 4 is 5.97 Å². The summed E-state index contributed by atoms with van der Waals surface area (Å²) in [6, 6.07) is 0. The monoisotopic (exact) mass is 184 g/mol. The van der Waals surface area contributed by atoms with Gasteiger partial charge in [-0.3, -0.25) is 4.79 Å². The van der Waals surface area contributed by atoms with E-state index in [9.17, 15) is 4.79 Å². The van der Waals surface area contributed by atoms with Gasteiger partial charge >= 0.3 is 5.97 Å². The van der Waals surface area contributed by atoms with E-state index in [2.05, 4.69) is 0 Å². The van der Waals surface area contributed by atoms with Crippen molar-refractivity contribution in [1.82, 2.24) is 0 Å². The van der Waals surface area contributed by atoms with E-state index in [0.717, 1.165) is 18.8 Å². The van der Waals surface area contributed by atoms with E-state index in [4.69, 9.17) is 5.11 Å². The summed E-state index contributed by atoms with van der Waals surface area (Å²) in [5, 5.41) is 9.14. The van der Waals surface area contributed by atoms with Gasteiger partial charge in [0.2, 0.25) is 0 Å². The summed E-state index contributed by atoms with van der Waals surface area (Å²) in [4.78, 5) is 11.1. The molecule has 1 unspecified atom stereocenters. The summed E-state index contributed by atoms with van der Waals surface area (Å²) >= 11 is 0. The average Bonchev–Trinajstić information content (AvgIpc) is 2.82. The summed E-state index contributed by atoms with van der Waals surface area (Å²) < 4.78 is 0. The van der Waals surface area contributed by atoms with Gasteiger partial charge in [0.15, 0.2) is 0 Å². The zero-order valence-electron chi connectivity index (χ0n) is 8.84. The van der Waals surface area contributed by atoms with E-state index in [1.807, 2.05) is 20.8 Å². The van der Waals surface area contributed by atoms with Crippen LogP contribution >= 0.6 is 0 Å². The van der Waals surface area contributed by atoms with Gasteiger partial charge in [-0.2, -0.15) is 0 Å². The van der Waals surface area contributed by atoms with Crippen molar-refractivity contribution in [2.24, 2.45) is 17.3 Å². The minimum atomic E-state index is -0.636. The van der Waals surface area contributed by atoms with Crippen molar-refractivity contribution in [3.05, 3.63) is 0 Å². The van der Waals surface area contributed by atoms with E-state index in [0.29, 0.717) is 0 Å². The van der Waals surface area contributed by atoms with Gasteiger partial charge in [-0.15, -0.1) is 0 Å². The maximum atomic E-state index is 11.1. The third-order valence-electron chi connectivity index (χ3n) is 3.53. The lowest BCUT2D eigenvalue weighted by Gasteiger charge is -2.28. The fraction of sp³-hybridized carbons (Fsp3) is 0.909. The fourth-order valence-corrected chi connectivity index (χ4v) is 1.55. The molecule has 0 aromatic carbocycles. The molecule has 0 bridgehead atoms. The third kappa shape index (κ3) is 2.45. The van der Waals surface area contributed by atoms with E-state index < -0.39 is 11.4 Å². The lowest BCUT2D eigenvalue weighted by Crippen LogP contribution is -2.33. The molecule has 2 nitrogen and oxygen atoms in total. The van der Waals surface area contributed by atoms with Crippen LogP contribution in [0.25, 0.3) is 0 Å². The summed E-state index contributed by atoms with van der Waals surface area (Å²) in [6.07, 6.45) is 4.56. The molecule has 0 aromatic rings. The molecule has 0 amide bonds. The normalized spacial score (nSPS) is 21.5. The van der Waals surface area contributed by atoms with Crippen LogP contribution in [0.4, 0.5) is 0 Å². The first-order valence-electron chi connectivity index (χ1n) is 5.20. The SMILES string of the molecule is CC(C)C(C)(CCC1CC1)C(=O)O. The van der Waals surface area contributed by atoms with Crippen molar-refractivity contribution < 1.29 is 9.90 Å². The highest BCUT2D eigenvalue weighted by molar-refractivity contribution is 5.74. The predicted molar refractivity (Wildman–Crippen MR) is 52.5 cm³/mol. The van der Waals surface area contributed by atoms with Crippen molar-refractivity contribution in [1.29, 1.82) is 0 Å². The molecule has 0 spiro atoms. The minimum Gasteiger partial charge on any atom is -0.481 e. The molecule has 1 aliphatic carbocycles. The van der Waals surface area contributed by atoms with Crippen LogP contribution in [0.5, 0.6) is 0 Å². The Balaban J connectivity index is 2.49. The maximum absolute atomic E-state index is 11.1. The number of carboxylic acid groups (broad SMARTS) is 1. The van der Waals surface area contributed by atoms with Crippen LogP contribution < -0.4 is 0 Å². The zero-order valence-corrected chi connectivity index (χ0v) is 8.84. The zero-order chi connectivity index (χ0) is 10.1. The van der Waals surface area contributed by atoms with Gasteiger partial charge in [-0.05, 0) is 31.6 Å². The fourth-order valence-electron chi connectivity index (χ4n) is 1.55. The highest BCUT2D eigenvalue weighted by atomic mass is 16.4. The predicted octanol–water partition coefficient (Wildman–Crippen LogP) is 2.92. The average molecular weight is 184 g/mol. The Bertz CT molecular complexity index is 194. The lowest BCUT2D eigenvalue weighted by molar-refractivity contribution is -0.151. The van der Waals surface area contributed by atoms with Crippen LogP contribution in [0.3, 0.4) is 0 Å². The van der Waals surface area contributed by atoms with E-state index >= 15 is 0 Å². The summed E-state index contributed by atoms with van der Waals surface area (Å²) in [6.45, 7) is 5.88. The first kappa shape index (κ1) is 10.6. The molecule has 1 atom stereocenters. The molecule has 76 valence electrons. The lowest BCUT2D eigenvalue weighted by atomic mass is 9.75. The molecule has 2 heteroatoms. The van der Waals surface area contributed by atoms with E-state index in [-0.39, 0.29) is 5.92 Å². The van der Waals surface area contributed by atoms with Gasteiger partial charge < -0.3 is 5.11 Å². The largest absolute Gasteiger partial charge is 0.481 e. The standard InChI is InChI=1S/C11H20O2/c1-8(2)11(3,10(12)13)7-6-9-4-5-9/h8-9H,4-7H2,1-3H3,(H,12,13). The Kier molecular flexibility index (Phi) is 2.99. The molecule has 0 saturated heterocycles. The molecule has 1 saturated carbocycles. The second kappa shape index (κ2) is 3.69. The summed E-state index contributed by atoms with van der Waals surface area (Å²) in [5.74, 6) is 0.421. The molecule has 0 aromatic heterocycles. The van der Waals surface area contributed by atoms with Crippen molar-refractivity contribution in [2.45, 2.75) is 46.5 Å². The number of rotatable bonds is 5. The molecule has 0 radical (unpaired) electrons. The van der Waals surface area contributed by atoms with Gasteiger partial charge in [-0.25, -0.2) is 0 Å². The van der Waals surface area contributed by atoms with Gasteiger partial charge in [-0.1, -0.05) is 26.7 Å². The number of carbonyl (C=O) groups is 1. The Morgan fingerprint density at radius 3 is 2.38 bits per heavy atom. The molecule has 1 aliphatic rings. The second-order valence-electron chi connectivity index (χ2n) is 4.86. The number of carboxylic acids is 1. The highest BCUT2D eigenvalue weighted by Gasteiger charge is 2.37. The first-order valence-corrected chi connectivity index (χ1v) is 5.20. The maximum Gasteiger partial charge on any atom is 0.309 e. The van der Waals surface area contributed by atoms with Crippen LogP contribution in [0.2, 0.25) is 0 Å². The molecular formula is C11H20O2. The van der Waals surface area contributed by atoms with Crippen molar-refractivity contribution in [3.8, 4) is 0 Å². The van der Waals surface area contributed by atoms with Gasteiger partial charge in [0.25, 0.3) is 0 Å². The van der Waals surface area contributed by atoms with Gasteiger partial charge in [0.1, 0.15) is 0 Å². The van der Waals surface area contributed by atoms with Crippen LogP contribution in [0, 0.1) is 17.3 Å². The van der Waals surface area contributed by atoms with Crippen molar-refractivity contribution in [3.63, 3.8) is 0 Å². The highest BCUT2D eigenvalue weighted by Crippen LogP contribution is 2.40. The first-order chi connectivity index (χ1) is 5.97. The molecule has 0 heterocycles. The van der Waals surface area contributed by atoms with Crippen LogP contribution in [-0.2, 0) is 4.79 Å². The van der Waals surface area contributed by atoms with E-state index in [1.165, 1.54) is 12.8 Å². The molecule has 1 fully saturated rings. The topological polar surface area (TPSA) is 37.3 Å². The quantitative estimate of drug-likeness (QED) is 0.713. The minimum absolute atomic E-state index is 0.226. The molecule has 13 heavy (non-hydrogen) atoms. The van der Waals surface area contributed by atoms with Gasteiger partial charge in [0, 0.05) is 0 Å². The van der Waals surface area contributed by atoms with Crippen LogP contribution in [-0.4, -0.2) is 11.1 Å². The molecule has 1 N–H and O–H groups in total. The third-order valence-corrected chi connectivity index (χ3v) is 3.53. The van der Waals surface area contributed by atoms with Crippen molar-refractivity contribution in [2.75, 3.05) is 0 Å². The Labute approximate surface area is 80.3 Å². The molecular weight excluding hydrogens is 164 g/mol. The number of hydrogen-bond acceptors (Lipinski definition) is 1. The summed E-state index contributed by atoms with van der Waals surface area (Å²) in [5.41, 5.74) is -0.511. The number of hydrogen-bond donors (Lipinski definition) is 1. The van der Waals surface area contributed by atoms with Crippen LogP contribution in [0.15, 0.2) is 0 Å². The smallest absolute Gasteiger partial charge is 0.309 e. The molecule has 0 aliphatic heterocycles. The Morgan fingerprint density at radius 1 is 1.54 bits per heavy atom. The molecule has 1 rings (SSSR count). The van der Waals surface area contributed by atoms with E-state index in [1.54, 1.807) is 0 Å².